The normalized spacial score (nSPS) is 10.9. The molecule has 0 bridgehead atoms. The Kier molecular flexibility index (Phi) is 3.91. The maximum atomic E-state index is 8.92. The van der Waals surface area contributed by atoms with Crippen LogP contribution in [-0.2, 0) is 0 Å². The third-order valence-corrected chi connectivity index (χ3v) is 4.11. The van der Waals surface area contributed by atoms with Gasteiger partial charge < -0.3 is 5.11 Å². The highest BCUT2D eigenvalue weighted by molar-refractivity contribution is 6.53. The van der Waals surface area contributed by atoms with E-state index in [0.717, 1.165) is 5.56 Å². The minimum Gasteiger partial charge on any atom is -0.400 e. The first-order valence-electron chi connectivity index (χ1n) is 5.76. The maximum Gasteiger partial charge on any atom is 0.0845 e. The summed E-state index contributed by atoms with van der Waals surface area (Å²) in [4.78, 5) is 0. The third kappa shape index (κ3) is 2.93. The summed E-state index contributed by atoms with van der Waals surface area (Å²) in [5, 5.41) is 10.2. The van der Waals surface area contributed by atoms with Gasteiger partial charge in [-0.05, 0) is 16.7 Å². The highest BCUT2D eigenvalue weighted by atomic mass is 28.2. The molecule has 0 aliphatic heterocycles. The topological polar surface area (TPSA) is 20.2 Å². The molecule has 1 nitrogen and oxygen atoms in total. The van der Waals surface area contributed by atoms with Crippen LogP contribution in [0.25, 0.3) is 17.2 Å². The van der Waals surface area contributed by atoms with Gasteiger partial charge in [-0.3, -0.25) is 0 Å². The lowest BCUT2D eigenvalue weighted by molar-refractivity contribution is 0.367. The van der Waals surface area contributed by atoms with E-state index in [1.165, 1.54) is 16.3 Å². The Morgan fingerprint density at radius 1 is 0.941 bits per heavy atom. The van der Waals surface area contributed by atoms with Crippen molar-refractivity contribution in [2.24, 2.45) is 0 Å². The smallest absolute Gasteiger partial charge is 0.0845 e. The molecule has 0 aromatic heterocycles. The fourth-order valence-corrected chi connectivity index (χ4v) is 2.63. The number of rotatable bonds is 4. The van der Waals surface area contributed by atoms with Crippen LogP contribution in [0, 0.1) is 0 Å². The van der Waals surface area contributed by atoms with Gasteiger partial charge in [0.15, 0.2) is 0 Å². The molecule has 0 fully saturated rings. The summed E-state index contributed by atoms with van der Waals surface area (Å²) in [7, 11) is -0.465. The van der Waals surface area contributed by atoms with Crippen molar-refractivity contribution in [3.8, 4) is 11.1 Å². The zero-order chi connectivity index (χ0) is 12.1. The average Bonchev–Trinajstić information content (AvgIpc) is 2.40. The van der Waals surface area contributed by atoms with Crippen molar-refractivity contribution in [1.82, 2.24) is 0 Å². The van der Waals surface area contributed by atoms with Crippen molar-refractivity contribution in [1.29, 1.82) is 0 Å². The van der Waals surface area contributed by atoms with Gasteiger partial charge in [0.1, 0.15) is 0 Å². The fraction of sp³-hybridized carbons (Fsp3) is 0.0667. The maximum absolute atomic E-state index is 8.92. The summed E-state index contributed by atoms with van der Waals surface area (Å²) in [6, 6.07) is 16.8. The molecule has 0 aliphatic rings. The van der Waals surface area contributed by atoms with Crippen molar-refractivity contribution in [2.75, 3.05) is 6.23 Å². The standard InChI is InChI=1S/C15H16OSi/c1-2-12-3-5-13(6-4-12)14-7-9-15(10-8-14)17-11-16/h2-10,16H,1,11,17H2. The average molecular weight is 240 g/mol. The van der Waals surface area contributed by atoms with E-state index in [1.54, 1.807) is 0 Å². The molecule has 86 valence electrons. The lowest BCUT2D eigenvalue weighted by atomic mass is 10.0. The van der Waals surface area contributed by atoms with Crippen LogP contribution in [0.4, 0.5) is 0 Å². The van der Waals surface area contributed by atoms with Crippen molar-refractivity contribution >= 4 is 20.8 Å². The van der Waals surface area contributed by atoms with E-state index in [-0.39, 0.29) is 0 Å². The van der Waals surface area contributed by atoms with Crippen molar-refractivity contribution in [2.45, 2.75) is 0 Å². The Labute approximate surface area is 104 Å². The van der Waals surface area contributed by atoms with Crippen molar-refractivity contribution in [3.63, 3.8) is 0 Å². The van der Waals surface area contributed by atoms with Crippen molar-refractivity contribution < 1.29 is 5.11 Å². The number of hydrogen-bond acceptors (Lipinski definition) is 1. The number of aliphatic hydroxyl groups is 1. The molecule has 0 unspecified atom stereocenters. The van der Waals surface area contributed by atoms with Gasteiger partial charge >= 0.3 is 0 Å². The van der Waals surface area contributed by atoms with E-state index < -0.39 is 9.52 Å². The summed E-state index contributed by atoms with van der Waals surface area (Å²) >= 11 is 0. The molecule has 2 heteroatoms. The first kappa shape index (κ1) is 11.8. The van der Waals surface area contributed by atoms with Crippen LogP contribution >= 0.6 is 0 Å². The van der Waals surface area contributed by atoms with E-state index in [1.807, 2.05) is 6.08 Å². The first-order valence-corrected chi connectivity index (χ1v) is 7.47. The van der Waals surface area contributed by atoms with Crippen LogP contribution < -0.4 is 5.19 Å². The Morgan fingerprint density at radius 2 is 1.47 bits per heavy atom. The molecule has 2 aromatic rings. The second-order valence-corrected chi connectivity index (χ2v) is 5.76. The molecular weight excluding hydrogens is 224 g/mol. The predicted octanol–water partition coefficient (Wildman–Crippen LogP) is 1.74. The molecule has 0 aliphatic carbocycles. The minimum absolute atomic E-state index is 0.341. The SMILES string of the molecule is C=Cc1ccc(-c2ccc([SiH2]CO)cc2)cc1. The molecule has 0 heterocycles. The highest BCUT2D eigenvalue weighted by Gasteiger charge is 1.98. The van der Waals surface area contributed by atoms with E-state index in [9.17, 15) is 0 Å². The van der Waals surface area contributed by atoms with E-state index in [4.69, 9.17) is 5.11 Å². The third-order valence-electron chi connectivity index (χ3n) is 2.83. The van der Waals surface area contributed by atoms with Crippen molar-refractivity contribution in [3.05, 3.63) is 60.7 Å². The van der Waals surface area contributed by atoms with E-state index in [2.05, 4.69) is 55.1 Å². The molecule has 0 saturated heterocycles. The van der Waals surface area contributed by atoms with Crippen LogP contribution in [0.1, 0.15) is 5.56 Å². The summed E-state index contributed by atoms with van der Waals surface area (Å²) in [5.74, 6) is 0. The second kappa shape index (κ2) is 5.62. The Bertz CT molecular complexity index is 485. The molecule has 2 aromatic carbocycles. The Balaban J connectivity index is 2.23. The second-order valence-electron chi connectivity index (χ2n) is 4.00. The molecule has 0 radical (unpaired) electrons. The van der Waals surface area contributed by atoms with Crippen LogP contribution in [0.3, 0.4) is 0 Å². The minimum atomic E-state index is -0.465. The first-order chi connectivity index (χ1) is 8.33. The van der Waals surface area contributed by atoms with Crippen LogP contribution in [0.15, 0.2) is 55.1 Å². The fourth-order valence-electron chi connectivity index (χ4n) is 1.80. The lowest BCUT2D eigenvalue weighted by Crippen LogP contribution is -2.16. The molecule has 0 saturated carbocycles. The lowest BCUT2D eigenvalue weighted by Gasteiger charge is -2.04. The van der Waals surface area contributed by atoms with Gasteiger partial charge in [0.25, 0.3) is 0 Å². The predicted molar refractivity (Wildman–Crippen MR) is 77.2 cm³/mol. The van der Waals surface area contributed by atoms with E-state index >= 15 is 0 Å². The van der Waals surface area contributed by atoms with Gasteiger partial charge in [0.2, 0.25) is 0 Å². The summed E-state index contributed by atoms with van der Waals surface area (Å²) in [5.41, 5.74) is 3.57. The highest BCUT2D eigenvalue weighted by Crippen LogP contribution is 2.18. The van der Waals surface area contributed by atoms with Gasteiger partial charge in [0, 0.05) is 6.23 Å². The summed E-state index contributed by atoms with van der Waals surface area (Å²) in [6.07, 6.45) is 2.19. The number of aliphatic hydroxyl groups excluding tert-OH is 1. The quantitative estimate of drug-likeness (QED) is 0.807. The molecule has 0 amide bonds. The monoisotopic (exact) mass is 240 g/mol. The van der Waals surface area contributed by atoms with Crippen LogP contribution in [0.2, 0.25) is 0 Å². The van der Waals surface area contributed by atoms with Gasteiger partial charge in [-0.1, -0.05) is 66.4 Å². The molecule has 0 atom stereocenters. The number of benzene rings is 2. The molecule has 2 rings (SSSR count). The Morgan fingerprint density at radius 3 is 1.94 bits per heavy atom. The van der Waals surface area contributed by atoms with Gasteiger partial charge in [0.05, 0.1) is 9.52 Å². The molecular formula is C15H16OSi. The Hall–Kier alpha value is -1.64. The molecule has 1 N–H and O–H groups in total. The largest absolute Gasteiger partial charge is 0.400 e. The molecule has 17 heavy (non-hydrogen) atoms. The van der Waals surface area contributed by atoms with Gasteiger partial charge in [-0.2, -0.15) is 0 Å². The zero-order valence-corrected chi connectivity index (χ0v) is 11.2. The number of hydrogen-bond donors (Lipinski definition) is 1. The zero-order valence-electron chi connectivity index (χ0n) is 9.76. The van der Waals surface area contributed by atoms with Crippen LogP contribution in [0.5, 0.6) is 0 Å². The van der Waals surface area contributed by atoms with Gasteiger partial charge in [-0.25, -0.2) is 0 Å². The van der Waals surface area contributed by atoms with E-state index in [0.29, 0.717) is 6.23 Å². The van der Waals surface area contributed by atoms with Crippen LogP contribution in [-0.4, -0.2) is 20.9 Å². The summed E-state index contributed by atoms with van der Waals surface area (Å²) in [6.45, 7) is 3.75. The van der Waals surface area contributed by atoms with Gasteiger partial charge in [-0.15, -0.1) is 0 Å². The summed E-state index contributed by atoms with van der Waals surface area (Å²) < 4.78 is 0. The molecule has 0 spiro atoms.